The van der Waals surface area contributed by atoms with Crippen molar-refractivity contribution in [1.82, 2.24) is 0 Å². The number of anilines is 1. The molecule has 0 radical (unpaired) electrons. The molecule has 1 atom stereocenters. The van der Waals surface area contributed by atoms with Crippen LogP contribution in [-0.2, 0) is 0 Å². The lowest BCUT2D eigenvalue weighted by Gasteiger charge is -2.49. The minimum Gasteiger partial charge on any atom is -0.396 e. The highest BCUT2D eigenvalue weighted by atomic mass is 16.3. The second-order valence-electron chi connectivity index (χ2n) is 6.00. The number of hydrogen-bond acceptors (Lipinski definition) is 2. The Bertz CT molecular complexity index is 398. The van der Waals surface area contributed by atoms with Crippen LogP contribution in [0, 0.1) is 12.8 Å². The first-order chi connectivity index (χ1) is 8.55. The molecule has 0 amide bonds. The molecule has 1 aromatic rings. The summed E-state index contributed by atoms with van der Waals surface area (Å²) in [6.45, 7) is 8.20. The maximum absolute atomic E-state index is 9.23. The van der Waals surface area contributed by atoms with Crippen LogP contribution in [0.2, 0.25) is 0 Å². The third-order valence-corrected chi connectivity index (χ3v) is 4.42. The third-order valence-electron chi connectivity index (χ3n) is 4.42. The summed E-state index contributed by atoms with van der Waals surface area (Å²) in [5.74, 6) is 0.580. The molecule has 2 nitrogen and oxygen atoms in total. The van der Waals surface area contributed by atoms with Gasteiger partial charge in [-0.05, 0) is 63.6 Å². The van der Waals surface area contributed by atoms with Crippen molar-refractivity contribution in [1.29, 1.82) is 0 Å². The Balaban J connectivity index is 2.26. The monoisotopic (exact) mass is 247 g/mol. The van der Waals surface area contributed by atoms with E-state index in [1.807, 2.05) is 0 Å². The maximum atomic E-state index is 9.23. The molecule has 1 aliphatic heterocycles. The zero-order chi connectivity index (χ0) is 13.2. The van der Waals surface area contributed by atoms with Crippen molar-refractivity contribution in [2.24, 2.45) is 5.92 Å². The lowest BCUT2D eigenvalue weighted by atomic mass is 9.77. The van der Waals surface area contributed by atoms with Crippen LogP contribution in [-0.4, -0.2) is 23.8 Å². The molecule has 1 heterocycles. The van der Waals surface area contributed by atoms with Crippen molar-refractivity contribution in [3.05, 3.63) is 29.8 Å². The highest BCUT2D eigenvalue weighted by Gasteiger charge is 2.37. The van der Waals surface area contributed by atoms with E-state index < -0.39 is 0 Å². The first-order valence-corrected chi connectivity index (χ1v) is 7.01. The van der Waals surface area contributed by atoms with Gasteiger partial charge in [-0.2, -0.15) is 0 Å². The summed E-state index contributed by atoms with van der Waals surface area (Å²) in [5, 5.41) is 9.23. The molecule has 18 heavy (non-hydrogen) atoms. The number of aliphatic hydroxyl groups is 1. The topological polar surface area (TPSA) is 23.5 Å². The number of hydrogen-bond donors (Lipinski definition) is 1. The van der Waals surface area contributed by atoms with Gasteiger partial charge in [-0.3, -0.25) is 0 Å². The highest BCUT2D eigenvalue weighted by Crippen LogP contribution is 2.38. The van der Waals surface area contributed by atoms with Gasteiger partial charge in [-0.15, -0.1) is 0 Å². The third kappa shape index (κ3) is 2.54. The summed E-state index contributed by atoms with van der Waals surface area (Å²) in [5.41, 5.74) is 2.77. The van der Waals surface area contributed by atoms with E-state index in [1.54, 1.807) is 0 Å². The molecule has 0 saturated carbocycles. The number of aryl methyl sites for hydroxylation is 1. The zero-order valence-corrected chi connectivity index (χ0v) is 11.8. The molecule has 1 aliphatic rings. The fourth-order valence-corrected chi connectivity index (χ4v) is 3.27. The number of rotatable bonds is 3. The molecular formula is C16H25NO. The quantitative estimate of drug-likeness (QED) is 0.885. The summed E-state index contributed by atoms with van der Waals surface area (Å²) < 4.78 is 0. The molecule has 2 rings (SSSR count). The van der Waals surface area contributed by atoms with E-state index in [0.29, 0.717) is 12.5 Å². The lowest BCUT2D eigenvalue weighted by Crippen LogP contribution is -2.53. The number of aliphatic hydroxyl groups excluding tert-OH is 1. The van der Waals surface area contributed by atoms with Gasteiger partial charge in [0.15, 0.2) is 0 Å². The van der Waals surface area contributed by atoms with Gasteiger partial charge in [0.25, 0.3) is 0 Å². The Kier molecular flexibility index (Phi) is 3.96. The summed E-state index contributed by atoms with van der Waals surface area (Å²) >= 11 is 0. The molecule has 1 saturated heterocycles. The van der Waals surface area contributed by atoms with Crippen molar-refractivity contribution in [3.8, 4) is 0 Å². The van der Waals surface area contributed by atoms with Crippen LogP contribution >= 0.6 is 0 Å². The first kappa shape index (κ1) is 13.4. The van der Waals surface area contributed by atoms with Crippen LogP contribution in [0.5, 0.6) is 0 Å². The molecule has 100 valence electrons. The van der Waals surface area contributed by atoms with Crippen molar-refractivity contribution in [2.45, 2.75) is 45.6 Å². The normalized spacial score (nSPS) is 23.1. The zero-order valence-electron chi connectivity index (χ0n) is 11.8. The summed E-state index contributed by atoms with van der Waals surface area (Å²) in [6.07, 6.45) is 3.37. The minimum absolute atomic E-state index is 0.134. The Morgan fingerprint density at radius 3 is 2.83 bits per heavy atom. The summed E-state index contributed by atoms with van der Waals surface area (Å²) in [4.78, 5) is 2.52. The first-order valence-electron chi connectivity index (χ1n) is 7.01. The Morgan fingerprint density at radius 1 is 1.39 bits per heavy atom. The van der Waals surface area contributed by atoms with Crippen LogP contribution in [0.15, 0.2) is 24.3 Å². The lowest BCUT2D eigenvalue weighted by molar-refractivity contribution is 0.176. The van der Waals surface area contributed by atoms with Crippen molar-refractivity contribution in [3.63, 3.8) is 0 Å². The van der Waals surface area contributed by atoms with E-state index in [1.165, 1.54) is 24.1 Å². The van der Waals surface area contributed by atoms with E-state index in [-0.39, 0.29) is 5.54 Å². The second-order valence-corrected chi connectivity index (χ2v) is 6.00. The molecular weight excluding hydrogens is 222 g/mol. The SMILES string of the molecule is Cc1cccc(N2CCCC(CCO)C2(C)C)c1. The van der Waals surface area contributed by atoms with Crippen molar-refractivity contribution in [2.75, 3.05) is 18.1 Å². The summed E-state index contributed by atoms with van der Waals surface area (Å²) in [7, 11) is 0. The minimum atomic E-state index is 0.134. The standard InChI is InChI=1S/C16H25NO/c1-13-6-4-8-15(12-13)17-10-5-7-14(9-11-18)16(17,2)3/h4,6,8,12,14,18H,5,7,9-11H2,1-3H3. The Hall–Kier alpha value is -1.02. The molecule has 1 unspecified atom stereocenters. The molecule has 1 aromatic carbocycles. The predicted molar refractivity (Wildman–Crippen MR) is 77.0 cm³/mol. The molecule has 0 aliphatic carbocycles. The molecule has 1 fully saturated rings. The second kappa shape index (κ2) is 5.31. The van der Waals surface area contributed by atoms with Gasteiger partial charge in [0.05, 0.1) is 0 Å². The molecule has 0 aromatic heterocycles. The maximum Gasteiger partial charge on any atom is 0.0434 e. The Labute approximate surface area is 111 Å². The molecule has 2 heteroatoms. The number of nitrogens with zero attached hydrogens (tertiary/aromatic N) is 1. The van der Waals surface area contributed by atoms with E-state index in [0.717, 1.165) is 13.0 Å². The Morgan fingerprint density at radius 2 is 2.17 bits per heavy atom. The average molecular weight is 247 g/mol. The van der Waals surface area contributed by atoms with E-state index in [2.05, 4.69) is 49.9 Å². The predicted octanol–water partition coefficient (Wildman–Crippen LogP) is 3.37. The van der Waals surface area contributed by atoms with Gasteiger partial charge < -0.3 is 10.0 Å². The van der Waals surface area contributed by atoms with Crippen LogP contribution in [0.4, 0.5) is 5.69 Å². The molecule has 0 bridgehead atoms. The fourth-order valence-electron chi connectivity index (χ4n) is 3.27. The van der Waals surface area contributed by atoms with Gasteiger partial charge in [0, 0.05) is 24.4 Å². The van der Waals surface area contributed by atoms with Crippen molar-refractivity contribution >= 4 is 5.69 Å². The average Bonchev–Trinajstić information content (AvgIpc) is 2.31. The van der Waals surface area contributed by atoms with Gasteiger partial charge in [0.1, 0.15) is 0 Å². The van der Waals surface area contributed by atoms with Gasteiger partial charge in [-0.1, -0.05) is 12.1 Å². The number of piperidine rings is 1. The molecule has 1 N–H and O–H groups in total. The van der Waals surface area contributed by atoms with Crippen LogP contribution < -0.4 is 4.90 Å². The van der Waals surface area contributed by atoms with E-state index in [4.69, 9.17) is 0 Å². The largest absolute Gasteiger partial charge is 0.396 e. The van der Waals surface area contributed by atoms with Gasteiger partial charge in [-0.25, -0.2) is 0 Å². The highest BCUT2D eigenvalue weighted by molar-refractivity contribution is 5.51. The van der Waals surface area contributed by atoms with Crippen LogP contribution in [0.25, 0.3) is 0 Å². The number of benzene rings is 1. The van der Waals surface area contributed by atoms with Crippen molar-refractivity contribution < 1.29 is 5.11 Å². The van der Waals surface area contributed by atoms with Crippen LogP contribution in [0.3, 0.4) is 0 Å². The van der Waals surface area contributed by atoms with Gasteiger partial charge in [0.2, 0.25) is 0 Å². The smallest absolute Gasteiger partial charge is 0.0434 e. The van der Waals surface area contributed by atoms with E-state index >= 15 is 0 Å². The van der Waals surface area contributed by atoms with Gasteiger partial charge >= 0.3 is 0 Å². The van der Waals surface area contributed by atoms with Crippen LogP contribution in [0.1, 0.15) is 38.7 Å². The van der Waals surface area contributed by atoms with E-state index in [9.17, 15) is 5.11 Å². The molecule has 0 spiro atoms. The fraction of sp³-hybridized carbons (Fsp3) is 0.625. The summed E-state index contributed by atoms with van der Waals surface area (Å²) in [6, 6.07) is 8.75.